The zero-order valence-corrected chi connectivity index (χ0v) is 16.7. The Morgan fingerprint density at radius 2 is 1.94 bits per heavy atom. The first kappa shape index (κ1) is 19.4. The summed E-state index contributed by atoms with van der Waals surface area (Å²) in [5.74, 6) is 0.634. The molecule has 1 unspecified atom stereocenters. The maximum atomic E-state index is 13.0. The molecule has 4 heterocycles. The molecule has 1 aliphatic heterocycles. The van der Waals surface area contributed by atoms with E-state index in [4.69, 9.17) is 19.2 Å². The van der Waals surface area contributed by atoms with Crippen molar-refractivity contribution in [2.24, 2.45) is 0 Å². The molecule has 0 radical (unpaired) electrons. The van der Waals surface area contributed by atoms with Crippen molar-refractivity contribution in [2.75, 3.05) is 13.7 Å². The number of aromatic nitrogens is 3. The standard InChI is InChI=1S/C23H19F2N3O3/c1-29-20-9-7-14(12-26-20)15-6-8-19-27-17-10-11-30-22(21(17)28(19)13-15)16-4-2-3-5-18(16)31-23(24)25/h2-9,12-13,22-23H,10-11H2,1H3. The molecule has 1 aromatic carbocycles. The van der Waals surface area contributed by atoms with Crippen molar-refractivity contribution < 1.29 is 23.0 Å². The van der Waals surface area contributed by atoms with E-state index < -0.39 is 12.7 Å². The van der Waals surface area contributed by atoms with Gasteiger partial charge in [0, 0.05) is 41.6 Å². The Balaban J connectivity index is 1.62. The van der Waals surface area contributed by atoms with E-state index >= 15 is 0 Å². The van der Waals surface area contributed by atoms with Gasteiger partial charge < -0.3 is 18.6 Å². The van der Waals surface area contributed by atoms with Crippen LogP contribution < -0.4 is 9.47 Å². The molecule has 158 valence electrons. The summed E-state index contributed by atoms with van der Waals surface area (Å²) in [5, 5.41) is 0. The Kier molecular flexibility index (Phi) is 4.99. The number of hydrogen-bond acceptors (Lipinski definition) is 5. The van der Waals surface area contributed by atoms with E-state index in [1.165, 1.54) is 6.07 Å². The Labute approximate surface area is 177 Å². The molecule has 31 heavy (non-hydrogen) atoms. The van der Waals surface area contributed by atoms with Crippen molar-refractivity contribution >= 4 is 5.65 Å². The van der Waals surface area contributed by atoms with Gasteiger partial charge in [-0.2, -0.15) is 8.78 Å². The van der Waals surface area contributed by atoms with E-state index in [2.05, 4.69) is 4.98 Å². The number of imidazole rings is 1. The Morgan fingerprint density at radius 3 is 2.71 bits per heavy atom. The smallest absolute Gasteiger partial charge is 0.387 e. The Hall–Kier alpha value is -3.52. The molecule has 8 heteroatoms. The monoisotopic (exact) mass is 423 g/mol. The Morgan fingerprint density at radius 1 is 1.10 bits per heavy atom. The zero-order valence-electron chi connectivity index (χ0n) is 16.7. The molecule has 0 fully saturated rings. The number of hydrogen-bond donors (Lipinski definition) is 0. The van der Waals surface area contributed by atoms with Gasteiger partial charge in [-0.3, -0.25) is 0 Å². The highest BCUT2D eigenvalue weighted by atomic mass is 19.3. The summed E-state index contributed by atoms with van der Waals surface area (Å²) in [6.07, 6.45) is 3.77. The van der Waals surface area contributed by atoms with Gasteiger partial charge in [-0.15, -0.1) is 0 Å². The number of rotatable bonds is 5. The maximum absolute atomic E-state index is 13.0. The van der Waals surface area contributed by atoms with Crippen molar-refractivity contribution in [2.45, 2.75) is 19.1 Å². The first-order valence-electron chi connectivity index (χ1n) is 9.80. The largest absolute Gasteiger partial charge is 0.481 e. The minimum atomic E-state index is -2.92. The van der Waals surface area contributed by atoms with Gasteiger partial charge >= 0.3 is 6.61 Å². The molecule has 3 aromatic heterocycles. The fraction of sp³-hybridized carbons (Fsp3) is 0.217. The lowest BCUT2D eigenvalue weighted by Gasteiger charge is -2.25. The molecular weight excluding hydrogens is 404 g/mol. The van der Waals surface area contributed by atoms with Gasteiger partial charge in [-0.25, -0.2) is 9.97 Å². The number of benzene rings is 1. The van der Waals surface area contributed by atoms with Crippen LogP contribution in [0.4, 0.5) is 8.78 Å². The molecule has 1 atom stereocenters. The average molecular weight is 423 g/mol. The van der Waals surface area contributed by atoms with Crippen molar-refractivity contribution in [3.63, 3.8) is 0 Å². The van der Waals surface area contributed by atoms with Gasteiger partial charge in [-0.1, -0.05) is 18.2 Å². The second-order valence-corrected chi connectivity index (χ2v) is 7.10. The van der Waals surface area contributed by atoms with Gasteiger partial charge in [0.15, 0.2) is 0 Å². The SMILES string of the molecule is COc1ccc(-c2ccc3nc4c(n3c2)C(c2ccccc2OC(F)F)OCC4)cn1. The fourth-order valence-electron chi connectivity index (χ4n) is 3.91. The molecule has 1 aliphatic rings. The molecule has 4 aromatic rings. The van der Waals surface area contributed by atoms with Crippen LogP contribution in [0.2, 0.25) is 0 Å². The fourth-order valence-corrected chi connectivity index (χ4v) is 3.91. The first-order valence-corrected chi connectivity index (χ1v) is 9.80. The third kappa shape index (κ3) is 3.59. The minimum Gasteiger partial charge on any atom is -0.481 e. The molecular formula is C23H19F2N3O3. The highest BCUT2D eigenvalue weighted by Crippen LogP contribution is 2.38. The highest BCUT2D eigenvalue weighted by Gasteiger charge is 2.30. The van der Waals surface area contributed by atoms with Crippen molar-refractivity contribution in [3.05, 3.63) is 77.9 Å². The third-order valence-electron chi connectivity index (χ3n) is 5.30. The van der Waals surface area contributed by atoms with Crippen LogP contribution in [0.3, 0.4) is 0 Å². The molecule has 0 spiro atoms. The van der Waals surface area contributed by atoms with E-state index in [1.807, 2.05) is 28.8 Å². The predicted octanol–water partition coefficient (Wildman–Crippen LogP) is 4.67. The molecule has 5 rings (SSSR count). The summed E-state index contributed by atoms with van der Waals surface area (Å²) in [6.45, 7) is -2.47. The lowest BCUT2D eigenvalue weighted by atomic mass is 10.0. The maximum Gasteiger partial charge on any atom is 0.387 e. The van der Waals surface area contributed by atoms with E-state index in [-0.39, 0.29) is 5.75 Å². The molecule has 0 saturated heterocycles. The van der Waals surface area contributed by atoms with Gasteiger partial charge in [0.1, 0.15) is 17.5 Å². The van der Waals surface area contributed by atoms with Gasteiger partial charge in [-0.05, 0) is 24.3 Å². The second-order valence-electron chi connectivity index (χ2n) is 7.10. The topological polar surface area (TPSA) is 57.9 Å². The van der Waals surface area contributed by atoms with Gasteiger partial charge in [0.25, 0.3) is 0 Å². The summed E-state index contributed by atoms with van der Waals surface area (Å²) in [5.41, 5.74) is 4.85. The van der Waals surface area contributed by atoms with Crippen molar-refractivity contribution in [3.8, 4) is 22.8 Å². The van der Waals surface area contributed by atoms with Crippen LogP contribution >= 0.6 is 0 Å². The molecule has 0 bridgehead atoms. The number of ether oxygens (including phenoxy) is 3. The number of methoxy groups -OCH3 is 1. The molecule has 0 saturated carbocycles. The average Bonchev–Trinajstić information content (AvgIpc) is 3.17. The summed E-state index contributed by atoms with van der Waals surface area (Å²) in [6, 6.07) is 14.3. The number of alkyl halides is 2. The lowest BCUT2D eigenvalue weighted by Crippen LogP contribution is -2.20. The van der Waals surface area contributed by atoms with Crippen LogP contribution in [0, 0.1) is 0 Å². The first-order chi connectivity index (χ1) is 15.1. The van der Waals surface area contributed by atoms with E-state index in [0.717, 1.165) is 28.2 Å². The molecule has 0 N–H and O–H groups in total. The number of pyridine rings is 2. The predicted molar refractivity (Wildman–Crippen MR) is 110 cm³/mol. The number of para-hydroxylation sites is 1. The highest BCUT2D eigenvalue weighted by molar-refractivity contribution is 5.65. The number of nitrogens with zero attached hydrogens (tertiary/aromatic N) is 3. The van der Waals surface area contributed by atoms with E-state index in [9.17, 15) is 8.78 Å². The van der Waals surface area contributed by atoms with E-state index in [0.29, 0.717) is 24.5 Å². The molecule has 0 aliphatic carbocycles. The lowest BCUT2D eigenvalue weighted by molar-refractivity contribution is -0.0522. The quantitative estimate of drug-likeness (QED) is 0.467. The van der Waals surface area contributed by atoms with Crippen LogP contribution in [-0.2, 0) is 11.2 Å². The summed E-state index contributed by atoms with van der Waals surface area (Å²) in [7, 11) is 1.57. The molecule has 0 amide bonds. The van der Waals surface area contributed by atoms with Crippen LogP contribution in [0.15, 0.2) is 60.9 Å². The van der Waals surface area contributed by atoms with E-state index in [1.54, 1.807) is 37.6 Å². The van der Waals surface area contributed by atoms with Crippen LogP contribution in [0.25, 0.3) is 16.8 Å². The molecule has 6 nitrogen and oxygen atoms in total. The van der Waals surface area contributed by atoms with Crippen LogP contribution in [0.5, 0.6) is 11.6 Å². The van der Waals surface area contributed by atoms with Crippen molar-refractivity contribution in [1.29, 1.82) is 0 Å². The third-order valence-corrected chi connectivity index (χ3v) is 5.30. The van der Waals surface area contributed by atoms with Gasteiger partial charge in [0.05, 0.1) is 25.1 Å². The second kappa shape index (κ2) is 7.96. The number of halogens is 2. The summed E-state index contributed by atoms with van der Waals surface area (Å²) in [4.78, 5) is 9.01. The van der Waals surface area contributed by atoms with Gasteiger partial charge in [0.2, 0.25) is 5.88 Å². The number of fused-ring (bicyclic) bond motifs is 3. The van der Waals surface area contributed by atoms with Crippen molar-refractivity contribution in [1.82, 2.24) is 14.4 Å². The minimum absolute atomic E-state index is 0.0980. The normalized spacial score (nSPS) is 15.8. The zero-order chi connectivity index (χ0) is 21.4. The van der Waals surface area contributed by atoms with Crippen LogP contribution in [0.1, 0.15) is 23.1 Å². The van der Waals surface area contributed by atoms with Crippen LogP contribution in [-0.4, -0.2) is 34.7 Å². The summed E-state index contributed by atoms with van der Waals surface area (Å²) < 4.78 is 43.8. The summed E-state index contributed by atoms with van der Waals surface area (Å²) >= 11 is 0. The Bertz CT molecular complexity index is 1220.